The molecule has 88 valence electrons. The molecule has 1 aliphatic carbocycles. The van der Waals surface area contributed by atoms with Crippen LogP contribution in [0.15, 0.2) is 29.2 Å². The molecule has 0 unspecified atom stereocenters. The van der Waals surface area contributed by atoms with Crippen molar-refractivity contribution in [2.75, 3.05) is 11.9 Å². The molecule has 1 saturated carbocycles. The molecule has 4 nitrogen and oxygen atoms in total. The Balaban J connectivity index is 1.90. The molecule has 0 aromatic heterocycles. The summed E-state index contributed by atoms with van der Waals surface area (Å²) in [4.78, 5) is 0.153. The van der Waals surface area contributed by atoms with Crippen LogP contribution in [0.3, 0.4) is 0 Å². The largest absolute Gasteiger partial charge is 0.385 e. The first-order chi connectivity index (χ1) is 7.55. The second-order valence-corrected chi connectivity index (χ2v) is 5.79. The molecule has 0 spiro atoms. The molecule has 0 atom stereocenters. The fourth-order valence-electron chi connectivity index (χ4n) is 1.59. The fourth-order valence-corrected chi connectivity index (χ4v) is 2.11. The topological polar surface area (TPSA) is 72.2 Å². The number of benzene rings is 1. The van der Waals surface area contributed by atoms with Crippen LogP contribution in [0.25, 0.3) is 0 Å². The predicted molar refractivity (Wildman–Crippen MR) is 63.6 cm³/mol. The van der Waals surface area contributed by atoms with E-state index in [0.717, 1.165) is 18.2 Å². The van der Waals surface area contributed by atoms with Gasteiger partial charge in [-0.1, -0.05) is 12.8 Å². The van der Waals surface area contributed by atoms with Gasteiger partial charge in [0.05, 0.1) is 4.90 Å². The van der Waals surface area contributed by atoms with Crippen LogP contribution < -0.4 is 10.5 Å². The van der Waals surface area contributed by atoms with E-state index in [0.29, 0.717) is 0 Å². The summed E-state index contributed by atoms with van der Waals surface area (Å²) in [5, 5.41) is 8.27. The van der Waals surface area contributed by atoms with Gasteiger partial charge in [-0.2, -0.15) is 0 Å². The third-order valence-corrected chi connectivity index (χ3v) is 3.69. The fraction of sp³-hybridized carbons (Fsp3) is 0.455. The Morgan fingerprint density at radius 1 is 1.25 bits per heavy atom. The van der Waals surface area contributed by atoms with Gasteiger partial charge in [0.2, 0.25) is 10.0 Å². The number of rotatable bonds is 5. The van der Waals surface area contributed by atoms with E-state index in [1.807, 2.05) is 0 Å². The summed E-state index contributed by atoms with van der Waals surface area (Å²) >= 11 is 0. The zero-order valence-electron chi connectivity index (χ0n) is 9.02. The molecule has 1 aromatic rings. The van der Waals surface area contributed by atoms with E-state index in [9.17, 15) is 8.42 Å². The maximum atomic E-state index is 11.0. The third-order valence-electron chi connectivity index (χ3n) is 2.76. The van der Waals surface area contributed by atoms with Crippen molar-refractivity contribution in [1.29, 1.82) is 0 Å². The first-order valence-electron chi connectivity index (χ1n) is 5.42. The smallest absolute Gasteiger partial charge is 0.238 e. The van der Waals surface area contributed by atoms with Crippen molar-refractivity contribution in [2.24, 2.45) is 11.1 Å². The average molecular weight is 240 g/mol. The number of sulfonamides is 1. The van der Waals surface area contributed by atoms with E-state index >= 15 is 0 Å². The maximum absolute atomic E-state index is 11.0. The molecule has 16 heavy (non-hydrogen) atoms. The van der Waals surface area contributed by atoms with Gasteiger partial charge >= 0.3 is 0 Å². The van der Waals surface area contributed by atoms with Crippen LogP contribution in [0.5, 0.6) is 0 Å². The maximum Gasteiger partial charge on any atom is 0.238 e. The summed E-state index contributed by atoms with van der Waals surface area (Å²) in [5.74, 6) is 0.899. The average Bonchev–Trinajstić information content (AvgIpc) is 3.01. The van der Waals surface area contributed by atoms with Crippen molar-refractivity contribution in [2.45, 2.75) is 24.2 Å². The zero-order valence-corrected chi connectivity index (χ0v) is 9.83. The van der Waals surface area contributed by atoms with E-state index in [1.165, 1.54) is 31.4 Å². The Bertz CT molecular complexity index is 449. The second kappa shape index (κ2) is 4.43. The van der Waals surface area contributed by atoms with E-state index in [-0.39, 0.29) is 4.90 Å². The molecule has 0 bridgehead atoms. The highest BCUT2D eigenvalue weighted by atomic mass is 32.2. The lowest BCUT2D eigenvalue weighted by atomic mass is 10.2. The van der Waals surface area contributed by atoms with E-state index < -0.39 is 10.0 Å². The predicted octanol–water partition coefficient (Wildman–Crippen LogP) is 1.55. The Morgan fingerprint density at radius 3 is 2.38 bits per heavy atom. The van der Waals surface area contributed by atoms with Gasteiger partial charge in [-0.25, -0.2) is 13.6 Å². The Hall–Kier alpha value is -1.07. The van der Waals surface area contributed by atoms with Crippen molar-refractivity contribution in [3.05, 3.63) is 24.3 Å². The number of nitrogens with two attached hydrogens (primary N) is 1. The minimum atomic E-state index is -3.57. The first kappa shape index (κ1) is 11.4. The molecule has 0 radical (unpaired) electrons. The second-order valence-electron chi connectivity index (χ2n) is 4.23. The third kappa shape index (κ3) is 3.21. The molecule has 3 N–H and O–H groups in total. The lowest BCUT2D eigenvalue weighted by Gasteiger charge is -2.06. The van der Waals surface area contributed by atoms with Gasteiger partial charge in [-0.15, -0.1) is 0 Å². The summed E-state index contributed by atoms with van der Waals surface area (Å²) in [6, 6.07) is 6.53. The molecule has 1 fully saturated rings. The van der Waals surface area contributed by atoms with E-state index in [4.69, 9.17) is 5.14 Å². The van der Waals surface area contributed by atoms with Crippen molar-refractivity contribution in [3.8, 4) is 0 Å². The first-order valence-corrected chi connectivity index (χ1v) is 6.97. The van der Waals surface area contributed by atoms with E-state index in [2.05, 4.69) is 5.32 Å². The quantitative estimate of drug-likeness (QED) is 0.820. The summed E-state index contributed by atoms with van der Waals surface area (Å²) in [7, 11) is -3.57. The standard InChI is InChI=1S/C11H16N2O2S/c12-16(14,15)11-5-3-10(4-6-11)13-8-7-9-1-2-9/h3-6,9,13H,1-2,7-8H2,(H2,12,14,15). The van der Waals surface area contributed by atoms with Crippen LogP contribution in [0, 0.1) is 5.92 Å². The lowest BCUT2D eigenvalue weighted by molar-refractivity contribution is 0.598. The Morgan fingerprint density at radius 2 is 1.88 bits per heavy atom. The minimum Gasteiger partial charge on any atom is -0.385 e. The van der Waals surface area contributed by atoms with Crippen LogP contribution in [0.2, 0.25) is 0 Å². The minimum absolute atomic E-state index is 0.153. The summed E-state index contributed by atoms with van der Waals surface area (Å²) in [6.45, 7) is 0.944. The van der Waals surface area contributed by atoms with Crippen LogP contribution in [0.1, 0.15) is 19.3 Å². The molecular formula is C11H16N2O2S. The SMILES string of the molecule is NS(=O)(=O)c1ccc(NCCC2CC2)cc1. The summed E-state index contributed by atoms with van der Waals surface area (Å²) < 4.78 is 22.0. The van der Waals surface area contributed by atoms with Crippen LogP contribution in [-0.4, -0.2) is 15.0 Å². The normalized spacial score (nSPS) is 16.1. The van der Waals surface area contributed by atoms with Gasteiger partial charge in [0.1, 0.15) is 0 Å². The van der Waals surface area contributed by atoms with Crippen LogP contribution in [0.4, 0.5) is 5.69 Å². The number of hydrogen-bond donors (Lipinski definition) is 2. The summed E-state index contributed by atoms with van der Waals surface area (Å²) in [5.41, 5.74) is 0.938. The van der Waals surface area contributed by atoms with Gasteiger partial charge in [0.15, 0.2) is 0 Å². The number of primary sulfonamides is 1. The van der Waals surface area contributed by atoms with Gasteiger partial charge in [-0.3, -0.25) is 0 Å². The van der Waals surface area contributed by atoms with E-state index in [1.54, 1.807) is 12.1 Å². The molecule has 0 saturated heterocycles. The highest BCUT2D eigenvalue weighted by molar-refractivity contribution is 7.89. The van der Waals surface area contributed by atoms with Crippen molar-refractivity contribution < 1.29 is 8.42 Å². The molecule has 0 aliphatic heterocycles. The van der Waals surface area contributed by atoms with Crippen molar-refractivity contribution >= 4 is 15.7 Å². The molecular weight excluding hydrogens is 224 g/mol. The van der Waals surface area contributed by atoms with Crippen molar-refractivity contribution in [3.63, 3.8) is 0 Å². The zero-order chi connectivity index (χ0) is 11.6. The lowest BCUT2D eigenvalue weighted by Crippen LogP contribution is -2.12. The Kier molecular flexibility index (Phi) is 3.16. The monoisotopic (exact) mass is 240 g/mol. The van der Waals surface area contributed by atoms with Gasteiger partial charge in [0, 0.05) is 12.2 Å². The number of hydrogen-bond acceptors (Lipinski definition) is 3. The molecule has 0 heterocycles. The Labute approximate surface area is 95.9 Å². The highest BCUT2D eigenvalue weighted by Gasteiger charge is 2.20. The van der Waals surface area contributed by atoms with Crippen LogP contribution >= 0.6 is 0 Å². The van der Waals surface area contributed by atoms with Gasteiger partial charge in [0.25, 0.3) is 0 Å². The molecule has 5 heteroatoms. The number of anilines is 1. The molecule has 0 amide bonds. The van der Waals surface area contributed by atoms with Gasteiger partial charge in [-0.05, 0) is 36.6 Å². The molecule has 1 aromatic carbocycles. The van der Waals surface area contributed by atoms with Gasteiger partial charge < -0.3 is 5.32 Å². The molecule has 1 aliphatic rings. The number of nitrogens with one attached hydrogen (secondary N) is 1. The van der Waals surface area contributed by atoms with Crippen LogP contribution in [-0.2, 0) is 10.0 Å². The molecule has 2 rings (SSSR count). The highest BCUT2D eigenvalue weighted by Crippen LogP contribution is 2.32. The van der Waals surface area contributed by atoms with Crippen molar-refractivity contribution in [1.82, 2.24) is 0 Å². The summed E-state index contributed by atoms with van der Waals surface area (Å²) in [6.07, 6.45) is 3.90.